The first kappa shape index (κ1) is 18.2. The van der Waals surface area contributed by atoms with Crippen LogP contribution in [0.1, 0.15) is 17.2 Å². The summed E-state index contributed by atoms with van der Waals surface area (Å²) in [5.41, 5.74) is 6.70. The summed E-state index contributed by atoms with van der Waals surface area (Å²) in [6.45, 7) is 0.136. The van der Waals surface area contributed by atoms with Crippen LogP contribution in [-0.2, 0) is 11.3 Å². The normalized spacial score (nSPS) is 19.4. The van der Waals surface area contributed by atoms with Crippen molar-refractivity contribution in [2.45, 2.75) is 12.6 Å². The minimum absolute atomic E-state index is 0.117. The second-order valence-corrected chi connectivity index (χ2v) is 5.94. The zero-order chi connectivity index (χ0) is 18.7. The van der Waals surface area contributed by atoms with E-state index in [4.69, 9.17) is 4.74 Å². The lowest BCUT2D eigenvalue weighted by Crippen LogP contribution is -2.35. The van der Waals surface area contributed by atoms with E-state index in [-0.39, 0.29) is 24.1 Å². The summed E-state index contributed by atoms with van der Waals surface area (Å²) in [6, 6.07) is 8.94. The molecule has 1 heterocycles. The number of halogens is 3. The lowest BCUT2D eigenvalue weighted by atomic mass is 9.94. The molecule has 2 unspecified atom stereocenters. The first-order valence-corrected chi connectivity index (χ1v) is 8.03. The van der Waals surface area contributed by atoms with E-state index in [1.807, 2.05) is 18.2 Å². The number of ether oxygens (including phenoxy) is 1. The third-order valence-electron chi connectivity index (χ3n) is 4.34. The standard InChI is InChI=1S/C18H18F3N3O2/c1-26-12-4-2-3-10(7-12)17-13(9-23-24-17)18(25)22-8-11-5-6-14(19)16(21)15(11)20/h2-7,13,17,23-24H,8-9H2,1H3,(H,22,25). The largest absolute Gasteiger partial charge is 0.497 e. The highest BCUT2D eigenvalue weighted by Crippen LogP contribution is 2.27. The van der Waals surface area contributed by atoms with E-state index in [1.54, 1.807) is 13.2 Å². The van der Waals surface area contributed by atoms with E-state index in [9.17, 15) is 18.0 Å². The lowest BCUT2D eigenvalue weighted by Gasteiger charge is -2.19. The maximum absolute atomic E-state index is 13.7. The van der Waals surface area contributed by atoms with Crippen LogP contribution in [0.15, 0.2) is 36.4 Å². The van der Waals surface area contributed by atoms with Crippen molar-refractivity contribution in [3.63, 3.8) is 0 Å². The van der Waals surface area contributed by atoms with Crippen molar-refractivity contribution >= 4 is 5.91 Å². The van der Waals surface area contributed by atoms with Crippen molar-refractivity contribution in [1.29, 1.82) is 0 Å². The maximum atomic E-state index is 13.7. The summed E-state index contributed by atoms with van der Waals surface area (Å²) in [7, 11) is 1.56. The topological polar surface area (TPSA) is 62.4 Å². The lowest BCUT2D eigenvalue weighted by molar-refractivity contribution is -0.125. The van der Waals surface area contributed by atoms with Gasteiger partial charge in [0.25, 0.3) is 0 Å². The Morgan fingerprint density at radius 1 is 1.23 bits per heavy atom. The molecule has 1 saturated heterocycles. The smallest absolute Gasteiger partial charge is 0.226 e. The summed E-state index contributed by atoms with van der Waals surface area (Å²) >= 11 is 0. The monoisotopic (exact) mass is 365 g/mol. The number of rotatable bonds is 5. The van der Waals surface area contributed by atoms with Gasteiger partial charge in [0.2, 0.25) is 5.91 Å². The van der Waals surface area contributed by atoms with Crippen LogP contribution >= 0.6 is 0 Å². The Balaban J connectivity index is 1.70. The fourth-order valence-electron chi connectivity index (χ4n) is 2.91. The molecule has 0 aliphatic carbocycles. The number of hydrogen-bond donors (Lipinski definition) is 3. The van der Waals surface area contributed by atoms with E-state index < -0.39 is 23.4 Å². The van der Waals surface area contributed by atoms with Crippen LogP contribution < -0.4 is 20.9 Å². The molecule has 2 atom stereocenters. The van der Waals surface area contributed by atoms with Gasteiger partial charge in [-0.3, -0.25) is 10.2 Å². The van der Waals surface area contributed by atoms with Crippen LogP contribution in [0.25, 0.3) is 0 Å². The van der Waals surface area contributed by atoms with Crippen molar-refractivity contribution in [2.24, 2.45) is 5.92 Å². The summed E-state index contributed by atoms with van der Waals surface area (Å²) in [5.74, 6) is -4.23. The molecule has 26 heavy (non-hydrogen) atoms. The minimum Gasteiger partial charge on any atom is -0.497 e. The van der Waals surface area contributed by atoms with Gasteiger partial charge >= 0.3 is 0 Å². The molecule has 1 amide bonds. The highest BCUT2D eigenvalue weighted by atomic mass is 19.2. The zero-order valence-electron chi connectivity index (χ0n) is 14.0. The molecule has 0 bridgehead atoms. The number of carbonyl (C=O) groups is 1. The fraction of sp³-hybridized carbons (Fsp3) is 0.278. The number of benzene rings is 2. The first-order valence-electron chi connectivity index (χ1n) is 8.03. The van der Waals surface area contributed by atoms with Crippen LogP contribution in [0.3, 0.4) is 0 Å². The third kappa shape index (κ3) is 3.66. The van der Waals surface area contributed by atoms with E-state index >= 15 is 0 Å². The van der Waals surface area contributed by atoms with Crippen LogP contribution in [0.2, 0.25) is 0 Å². The second kappa shape index (κ2) is 7.76. The predicted octanol–water partition coefficient (Wildman–Crippen LogP) is 2.19. The molecule has 0 radical (unpaired) electrons. The van der Waals surface area contributed by atoms with Crippen LogP contribution in [0, 0.1) is 23.4 Å². The van der Waals surface area contributed by atoms with Gasteiger partial charge in [-0.15, -0.1) is 0 Å². The Morgan fingerprint density at radius 3 is 2.81 bits per heavy atom. The quantitative estimate of drug-likeness (QED) is 0.711. The van der Waals surface area contributed by atoms with Crippen LogP contribution in [0.5, 0.6) is 5.75 Å². The van der Waals surface area contributed by atoms with Crippen molar-refractivity contribution in [3.05, 3.63) is 65.0 Å². The van der Waals surface area contributed by atoms with E-state index in [0.29, 0.717) is 12.3 Å². The van der Waals surface area contributed by atoms with Gasteiger partial charge in [0.05, 0.1) is 19.1 Å². The van der Waals surface area contributed by atoms with Gasteiger partial charge in [-0.05, 0) is 23.8 Å². The Hall–Kier alpha value is -2.58. The van der Waals surface area contributed by atoms with Crippen molar-refractivity contribution < 1.29 is 22.7 Å². The van der Waals surface area contributed by atoms with E-state index in [2.05, 4.69) is 16.2 Å². The van der Waals surface area contributed by atoms with Crippen molar-refractivity contribution in [3.8, 4) is 5.75 Å². The molecule has 0 aromatic heterocycles. The minimum atomic E-state index is -1.55. The zero-order valence-corrected chi connectivity index (χ0v) is 14.0. The predicted molar refractivity (Wildman–Crippen MR) is 88.5 cm³/mol. The molecule has 1 aliphatic rings. The van der Waals surface area contributed by atoms with Crippen molar-refractivity contribution in [1.82, 2.24) is 16.2 Å². The molecule has 0 saturated carbocycles. The van der Waals surface area contributed by atoms with Gasteiger partial charge in [0, 0.05) is 18.7 Å². The van der Waals surface area contributed by atoms with Gasteiger partial charge in [0.15, 0.2) is 17.5 Å². The molecule has 8 heteroatoms. The molecule has 2 aromatic rings. The van der Waals surface area contributed by atoms with Gasteiger partial charge in [-0.25, -0.2) is 18.6 Å². The molecule has 138 valence electrons. The molecule has 3 N–H and O–H groups in total. The third-order valence-corrected chi connectivity index (χ3v) is 4.34. The number of methoxy groups -OCH3 is 1. The molecule has 0 spiro atoms. The second-order valence-electron chi connectivity index (χ2n) is 5.94. The average molecular weight is 365 g/mol. The Labute approximate surface area is 148 Å². The summed E-state index contributed by atoms with van der Waals surface area (Å²) in [4.78, 5) is 12.5. The molecule has 3 rings (SSSR count). The molecule has 5 nitrogen and oxygen atoms in total. The van der Waals surface area contributed by atoms with Crippen LogP contribution in [0.4, 0.5) is 13.2 Å². The fourth-order valence-corrected chi connectivity index (χ4v) is 2.91. The Morgan fingerprint density at radius 2 is 2.04 bits per heavy atom. The number of carbonyl (C=O) groups excluding carboxylic acids is 1. The highest BCUT2D eigenvalue weighted by Gasteiger charge is 2.34. The van der Waals surface area contributed by atoms with Gasteiger partial charge in [-0.2, -0.15) is 0 Å². The van der Waals surface area contributed by atoms with Gasteiger partial charge in [0.1, 0.15) is 5.75 Å². The summed E-state index contributed by atoms with van der Waals surface area (Å²) in [6.07, 6.45) is 0. The number of nitrogens with one attached hydrogen (secondary N) is 3. The summed E-state index contributed by atoms with van der Waals surface area (Å²) < 4.78 is 45.2. The highest BCUT2D eigenvalue weighted by molar-refractivity contribution is 5.80. The molecular formula is C18H18F3N3O2. The van der Waals surface area contributed by atoms with Crippen LogP contribution in [-0.4, -0.2) is 19.6 Å². The number of amides is 1. The molecular weight excluding hydrogens is 347 g/mol. The Bertz CT molecular complexity index is 816. The summed E-state index contributed by atoms with van der Waals surface area (Å²) in [5, 5.41) is 2.58. The molecule has 1 fully saturated rings. The SMILES string of the molecule is COc1cccc(C2NNCC2C(=O)NCc2ccc(F)c(F)c2F)c1. The van der Waals surface area contributed by atoms with E-state index in [0.717, 1.165) is 17.7 Å². The molecule has 2 aromatic carbocycles. The maximum Gasteiger partial charge on any atom is 0.226 e. The molecule has 1 aliphatic heterocycles. The first-order chi connectivity index (χ1) is 12.5. The van der Waals surface area contributed by atoms with Crippen molar-refractivity contribution in [2.75, 3.05) is 13.7 Å². The average Bonchev–Trinajstić information content (AvgIpc) is 3.15. The van der Waals surface area contributed by atoms with E-state index in [1.165, 1.54) is 0 Å². The number of hydrazine groups is 1. The van der Waals surface area contributed by atoms with Gasteiger partial charge in [-0.1, -0.05) is 18.2 Å². The van der Waals surface area contributed by atoms with Gasteiger partial charge < -0.3 is 10.1 Å². The Kier molecular flexibility index (Phi) is 5.43. The number of hydrogen-bond acceptors (Lipinski definition) is 4.